The number of nitrogens with one attached hydrogen (secondary N) is 4. The predicted octanol–water partition coefficient (Wildman–Crippen LogP) is 16.8. The van der Waals surface area contributed by atoms with E-state index < -0.39 is 39.7 Å². The fraction of sp³-hybridized carbons (Fsp3) is 0.137. The van der Waals surface area contributed by atoms with E-state index in [2.05, 4.69) is 267 Å². The molecule has 4 aromatic heterocycles. The molecule has 2 atom stereocenters. The molecule has 0 bridgehead atoms. The summed E-state index contributed by atoms with van der Waals surface area (Å²) < 4.78 is 0.907. The van der Waals surface area contributed by atoms with Crippen molar-refractivity contribution in [2.75, 3.05) is 23.9 Å². The molecule has 0 aliphatic carbocycles. The van der Waals surface area contributed by atoms with Gasteiger partial charge in [-0.2, -0.15) is 0 Å². The molecule has 14 aromatic rings. The number of halogens is 3. The first-order valence-corrected chi connectivity index (χ1v) is 44.8. The van der Waals surface area contributed by atoms with Crippen molar-refractivity contribution in [3.63, 3.8) is 0 Å². The molecule has 0 radical (unpaired) electrons. The summed E-state index contributed by atoms with van der Waals surface area (Å²) in [5, 5.41) is 27.7. The summed E-state index contributed by atoms with van der Waals surface area (Å²) in [5.74, 6) is 8.70. The molecule has 0 saturated carbocycles. The van der Waals surface area contributed by atoms with Crippen molar-refractivity contribution in [1.29, 1.82) is 0 Å². The number of benzene rings is 10. The van der Waals surface area contributed by atoms with Crippen LogP contribution in [-0.4, -0.2) is 90.1 Å². The zero-order valence-electron chi connectivity index (χ0n) is 64.2. The number of carbonyl (C=O) groups is 4. The number of terminal acetylenes is 1. The molecule has 10 aromatic carbocycles. The van der Waals surface area contributed by atoms with Crippen LogP contribution >= 0.6 is 50.8 Å². The number of fused-ring (bicyclic) bond motifs is 2. The number of H-pyrrole nitrogens is 2. The Kier molecular flexibility index (Phi) is 36.7. The molecule has 4 N–H and O–H groups in total. The topological polar surface area (TPSA) is 208 Å². The van der Waals surface area contributed by atoms with Crippen LogP contribution < -0.4 is 52.3 Å². The number of amides is 4. The summed E-state index contributed by atoms with van der Waals surface area (Å²) in [7, 11) is 12.2. The zero-order chi connectivity index (χ0) is 81.6. The first kappa shape index (κ1) is 89.3. The van der Waals surface area contributed by atoms with Crippen molar-refractivity contribution in [3.8, 4) is 24.2 Å². The van der Waals surface area contributed by atoms with Crippen LogP contribution in [0.3, 0.4) is 0 Å². The second-order valence-corrected chi connectivity index (χ2v) is 33.4. The van der Waals surface area contributed by atoms with Crippen molar-refractivity contribution in [1.82, 2.24) is 51.0 Å². The van der Waals surface area contributed by atoms with Crippen molar-refractivity contribution in [2.45, 2.75) is 71.9 Å². The van der Waals surface area contributed by atoms with Gasteiger partial charge >= 0.3 is 35.0 Å². The number of aromatic amines is 2. The summed E-state index contributed by atoms with van der Waals surface area (Å²) in [4.78, 5) is 71.2. The molecular formula is C95H89BrCl2N12O4P2Pd. The Hall–Kier alpha value is -11.6. The van der Waals surface area contributed by atoms with Gasteiger partial charge in [0.1, 0.15) is 23.7 Å². The average molecular weight is 1780 g/mol. The Balaban J connectivity index is 0.000000173. The predicted molar refractivity (Wildman–Crippen MR) is 480 cm³/mol. The van der Waals surface area contributed by atoms with Crippen molar-refractivity contribution in [3.05, 3.63) is 395 Å². The first-order valence-electron chi connectivity index (χ1n) is 37.3. The summed E-state index contributed by atoms with van der Waals surface area (Å²) in [6, 6.07) is 102. The summed E-state index contributed by atoms with van der Waals surface area (Å²) in [6.07, 6.45) is 15.2. The van der Waals surface area contributed by atoms with E-state index >= 15 is 0 Å². The minimum absolute atomic E-state index is 0. The second-order valence-electron chi connectivity index (χ2n) is 25.7. The third kappa shape index (κ3) is 27.0. The molecule has 0 unspecified atom stereocenters. The van der Waals surface area contributed by atoms with E-state index in [0.717, 1.165) is 54.8 Å². The summed E-state index contributed by atoms with van der Waals surface area (Å²) in [6.45, 7) is 4.00. The van der Waals surface area contributed by atoms with Crippen LogP contribution in [0.1, 0.15) is 106 Å². The standard InChI is InChI=1S/C28H24N6O2.C21H20BrN5O2.2C18H15P.C7H5N.C2H6.CH4.2ClH.Pd/c1-34-24-17-21(8-7-19-13-15-29-16-14-19)9-10-22(24)11-12-23(28(34)36)30-27(35)26-31-25(32-33-26)18-20-5-3-2-4-6-20;1-27-17-12-15(22)9-7-14(17)8-10-16(21(27)29)23-20(28)19-24-18(25-26-19)11-13-5-3-2-4-6-13;2*1-4-10-16(11-5-1)19(17-12-6-2-7-13-17)18-14-8-3-9-15-18;1-2-7-3-5-8-6-4-7;1-2;;;;/h2-6,9-10,13-17,23H,11-12,18H2,1H3,(H,30,35)(H,31,32,33);2-7,9,12,16H,8,10-11H2,1H3,(H,23,28)(H,24,25,26);2*1-15H;1,3-6H;1-2H3;1H4;2*1H;/q;;;;;;;;;+2/p-2/t23-;16-;;;;;;;;/m00......../s1. The van der Waals surface area contributed by atoms with Gasteiger partial charge in [-0.15, -0.1) is 16.6 Å². The molecule has 0 saturated heterocycles. The van der Waals surface area contributed by atoms with Gasteiger partial charge in [-0.25, -0.2) is 9.97 Å². The van der Waals surface area contributed by atoms with Gasteiger partial charge in [-0.05, 0) is 144 Å². The molecule has 16 rings (SSSR count). The largest absolute Gasteiger partial charge is 0.0622 e. The Morgan fingerprint density at radius 3 is 1.10 bits per heavy atom. The van der Waals surface area contributed by atoms with Gasteiger partial charge in [0, 0.05) is 84.3 Å². The van der Waals surface area contributed by atoms with Crippen LogP contribution in [0.5, 0.6) is 0 Å². The molecule has 0 spiro atoms. The summed E-state index contributed by atoms with van der Waals surface area (Å²) in [5.41, 5.74) is 8.42. The van der Waals surface area contributed by atoms with Crippen LogP contribution in [0.2, 0.25) is 0 Å². The monoisotopic (exact) mass is 1780 g/mol. The molecule has 16 nitrogen and oxygen atoms in total. The quantitative estimate of drug-likeness (QED) is 0.0460. The van der Waals surface area contributed by atoms with Gasteiger partial charge in [0.05, 0.1) is 0 Å². The molecule has 2 aliphatic rings. The molecule has 594 valence electrons. The number of carbonyl (C=O) groups excluding carboxylic acids is 4. The number of pyridine rings is 2. The van der Waals surface area contributed by atoms with E-state index in [-0.39, 0.29) is 46.8 Å². The molecule has 117 heavy (non-hydrogen) atoms. The third-order valence-corrected chi connectivity index (χ3v) is 23.4. The van der Waals surface area contributed by atoms with E-state index in [9.17, 15) is 19.2 Å². The minimum Gasteiger partial charge on any atom is -0.0622 e. The SMILES string of the molecule is C.C#Cc1ccncc1.CC.CN1C(=O)[C@@H](NC(=O)c2n[nH]c(Cc3ccccc3)n2)CCc2ccc(Br)cc21.CN1C(=O)[C@@H](NC(=O)c2n[nH]c(Cc3ccccc3)n2)CCc2ccc(C#Cc3ccncc3)cc21.[Cl][Pd][Cl].c1ccc(P(c2ccccc2)c2ccccc2)cc1.c1ccc(P(c2ccccc2)c2ccccc2)cc1. The molecular weight excluding hydrogens is 1690 g/mol. The molecule has 2 aliphatic heterocycles. The van der Waals surface area contributed by atoms with Gasteiger partial charge in [-0.3, -0.25) is 39.3 Å². The smallest absolute Gasteiger partial charge is 0.0134 e. The maximum absolute atomic E-state index is 13.2. The van der Waals surface area contributed by atoms with Crippen LogP contribution in [0, 0.1) is 24.2 Å². The first-order chi connectivity index (χ1) is 56.8. The number of aryl methyl sites for hydroxylation is 2. The van der Waals surface area contributed by atoms with Gasteiger partial charge < -0.3 is 20.4 Å². The van der Waals surface area contributed by atoms with E-state index in [1.54, 1.807) is 60.8 Å². The Labute approximate surface area is 713 Å². The molecule has 6 heterocycles. The van der Waals surface area contributed by atoms with Crippen LogP contribution in [0.15, 0.2) is 333 Å². The summed E-state index contributed by atoms with van der Waals surface area (Å²) >= 11 is 3.34. The molecule has 4 amide bonds. The van der Waals surface area contributed by atoms with E-state index in [0.29, 0.717) is 50.2 Å². The maximum Gasteiger partial charge on any atom is -0.0134 e. The number of nitrogens with zero attached hydrogens (tertiary/aromatic N) is 8. The maximum atomic E-state index is 13.2. The number of hydrogen-bond acceptors (Lipinski definition) is 10. The average Bonchev–Trinajstić information content (AvgIpc) is 1.35. The zero-order valence-corrected chi connectivity index (χ0v) is 70.6. The Morgan fingerprint density at radius 1 is 0.462 bits per heavy atom. The van der Waals surface area contributed by atoms with Crippen LogP contribution in [-0.2, 0) is 51.2 Å². The Morgan fingerprint density at radius 2 is 0.769 bits per heavy atom. The van der Waals surface area contributed by atoms with E-state index in [4.69, 9.17) is 25.5 Å². The van der Waals surface area contributed by atoms with Crippen molar-refractivity contribution in [2.24, 2.45) is 0 Å². The van der Waals surface area contributed by atoms with Crippen molar-refractivity contribution < 1.29 is 35.1 Å². The van der Waals surface area contributed by atoms with Crippen LogP contribution in [0.25, 0.3) is 0 Å². The van der Waals surface area contributed by atoms with E-state index in [1.165, 1.54) is 31.8 Å². The second kappa shape index (κ2) is 48.0. The fourth-order valence-electron chi connectivity index (χ4n) is 12.4. The van der Waals surface area contributed by atoms with Crippen LogP contribution in [0.4, 0.5) is 11.4 Å². The minimum atomic E-state index is -0.683. The number of likely N-dealkylation sites (N-methyl/N-ethyl adjacent to an activating group) is 2. The van der Waals surface area contributed by atoms with Gasteiger partial charge in [0.2, 0.25) is 23.5 Å². The molecule has 22 heteroatoms. The third-order valence-electron chi connectivity index (χ3n) is 18.0. The van der Waals surface area contributed by atoms with Gasteiger partial charge in [0.15, 0.2) is 0 Å². The fourth-order valence-corrected chi connectivity index (χ4v) is 17.4. The number of aromatic nitrogens is 8. The van der Waals surface area contributed by atoms with Crippen molar-refractivity contribution >= 4 is 118 Å². The number of anilines is 2. The molecule has 0 fully saturated rings. The number of hydrogen-bond donors (Lipinski definition) is 4. The Bertz CT molecular complexity index is 5170. The normalized spacial score (nSPS) is 12.8. The number of rotatable bonds is 14. The van der Waals surface area contributed by atoms with Gasteiger partial charge in [-0.1, -0.05) is 310 Å². The van der Waals surface area contributed by atoms with E-state index in [1.807, 2.05) is 123 Å². The van der Waals surface area contributed by atoms with Gasteiger partial charge in [0.25, 0.3) is 11.8 Å².